The van der Waals surface area contributed by atoms with Crippen molar-refractivity contribution < 1.29 is 9.84 Å². The van der Waals surface area contributed by atoms with E-state index in [9.17, 15) is 5.11 Å². The molecule has 172 valence electrons. The molecule has 1 aliphatic rings. The number of fused-ring (bicyclic) bond motifs is 1. The summed E-state index contributed by atoms with van der Waals surface area (Å²) in [5, 5.41) is 17.5. The predicted octanol–water partition coefficient (Wildman–Crippen LogP) is 3.02. The number of aromatic nitrogens is 2. The highest BCUT2D eigenvalue weighted by atomic mass is 16.5. The van der Waals surface area contributed by atoms with Crippen molar-refractivity contribution in [3.05, 3.63) is 53.1 Å². The van der Waals surface area contributed by atoms with Gasteiger partial charge in [0.25, 0.3) is 0 Å². The second kappa shape index (κ2) is 10.2. The van der Waals surface area contributed by atoms with Crippen molar-refractivity contribution in [1.29, 1.82) is 0 Å². The van der Waals surface area contributed by atoms with E-state index in [0.29, 0.717) is 12.4 Å². The number of rotatable bonds is 8. The molecule has 1 aromatic carbocycles. The van der Waals surface area contributed by atoms with E-state index >= 15 is 0 Å². The summed E-state index contributed by atoms with van der Waals surface area (Å²) in [6.45, 7) is 11.6. The van der Waals surface area contributed by atoms with E-state index in [1.807, 2.05) is 13.1 Å². The van der Waals surface area contributed by atoms with Crippen LogP contribution < -0.4 is 10.6 Å². The van der Waals surface area contributed by atoms with Crippen LogP contribution in [0.2, 0.25) is 0 Å². The van der Waals surface area contributed by atoms with Crippen LogP contribution in [0.5, 0.6) is 0 Å². The fourth-order valence-corrected chi connectivity index (χ4v) is 4.15. The maximum atomic E-state index is 11.2. The van der Waals surface area contributed by atoms with Crippen molar-refractivity contribution in [3.8, 4) is 0 Å². The smallest absolute Gasteiger partial charge is 0.151 e. The summed E-state index contributed by atoms with van der Waals surface area (Å²) in [5.74, 6) is 1.15. The van der Waals surface area contributed by atoms with E-state index < -0.39 is 6.23 Å². The molecule has 0 aliphatic carbocycles. The van der Waals surface area contributed by atoms with E-state index in [2.05, 4.69) is 79.1 Å². The maximum absolute atomic E-state index is 11.2. The first kappa shape index (κ1) is 23.9. The second-order valence-electron chi connectivity index (χ2n) is 9.66. The second-order valence-corrected chi connectivity index (χ2v) is 9.66. The van der Waals surface area contributed by atoms with Crippen LogP contribution in [-0.4, -0.2) is 53.2 Å². The van der Waals surface area contributed by atoms with Crippen molar-refractivity contribution in [1.82, 2.24) is 25.1 Å². The van der Waals surface area contributed by atoms with Gasteiger partial charge in [0.2, 0.25) is 0 Å². The van der Waals surface area contributed by atoms with Gasteiger partial charge in [-0.1, -0.05) is 58.0 Å². The molecule has 2 heterocycles. The molecule has 31 heavy (non-hydrogen) atoms. The number of nitrogens with one attached hydrogen (secondary N) is 2. The summed E-state index contributed by atoms with van der Waals surface area (Å²) in [4.78, 5) is 7.31. The Morgan fingerprint density at radius 3 is 2.55 bits per heavy atom. The van der Waals surface area contributed by atoms with Crippen LogP contribution in [0.3, 0.4) is 0 Å². The third-order valence-electron chi connectivity index (χ3n) is 5.91. The lowest BCUT2D eigenvalue weighted by Crippen LogP contribution is -2.46. The normalized spacial score (nSPS) is 18.3. The maximum Gasteiger partial charge on any atom is 0.151 e. The highest BCUT2D eigenvalue weighted by Crippen LogP contribution is 2.31. The van der Waals surface area contributed by atoms with Crippen molar-refractivity contribution in [2.75, 3.05) is 27.4 Å². The molecule has 3 N–H and O–H groups in total. The molecule has 3 rings (SSSR count). The van der Waals surface area contributed by atoms with Crippen molar-refractivity contribution in [2.24, 2.45) is 5.41 Å². The Labute approximate surface area is 186 Å². The largest absolute Gasteiger partial charge is 0.373 e. The van der Waals surface area contributed by atoms with Gasteiger partial charge in [-0.15, -0.1) is 0 Å². The Kier molecular flexibility index (Phi) is 7.88. The minimum atomic E-state index is -0.912. The van der Waals surface area contributed by atoms with Gasteiger partial charge in [-0.3, -0.25) is 10.6 Å². The molecule has 0 saturated heterocycles. The summed E-state index contributed by atoms with van der Waals surface area (Å²) in [5.41, 5.74) is 2.82. The van der Waals surface area contributed by atoms with Crippen molar-refractivity contribution in [2.45, 2.75) is 65.6 Å². The van der Waals surface area contributed by atoms with Crippen LogP contribution >= 0.6 is 0 Å². The summed E-state index contributed by atoms with van der Waals surface area (Å²) >= 11 is 0. The van der Waals surface area contributed by atoms with Gasteiger partial charge >= 0.3 is 0 Å². The fourth-order valence-electron chi connectivity index (χ4n) is 4.15. The van der Waals surface area contributed by atoms with E-state index in [1.54, 1.807) is 0 Å². The molecule has 0 bridgehead atoms. The molecule has 3 atom stereocenters. The summed E-state index contributed by atoms with van der Waals surface area (Å²) in [7, 11) is 3.97. The van der Waals surface area contributed by atoms with E-state index in [4.69, 9.17) is 9.72 Å². The topological polar surface area (TPSA) is 74.6 Å². The number of aliphatic hydroxyl groups is 1. The van der Waals surface area contributed by atoms with Gasteiger partial charge in [0.1, 0.15) is 17.7 Å². The molecule has 0 spiro atoms. The van der Waals surface area contributed by atoms with Gasteiger partial charge in [-0.05, 0) is 32.6 Å². The number of imidazole rings is 1. The third-order valence-corrected chi connectivity index (χ3v) is 5.91. The highest BCUT2D eigenvalue weighted by molar-refractivity contribution is 5.29. The molecule has 0 fully saturated rings. The monoisotopic (exact) mass is 429 g/mol. The molecule has 7 heteroatoms. The SMILES string of the molecule is CNCO[C@@H](NC(O)c1nc(C(C)c2ccccc2)n2c1CN(C)CCC2)C(C)(C)C. The van der Waals surface area contributed by atoms with Crippen LogP contribution in [-0.2, 0) is 17.8 Å². The summed E-state index contributed by atoms with van der Waals surface area (Å²) in [6.07, 6.45) is -0.177. The number of aliphatic hydroxyl groups excluding tert-OH is 1. The molecule has 7 nitrogen and oxygen atoms in total. The lowest BCUT2D eigenvalue weighted by atomic mass is 9.94. The average molecular weight is 430 g/mol. The third kappa shape index (κ3) is 5.73. The first-order chi connectivity index (χ1) is 14.7. The predicted molar refractivity (Wildman–Crippen MR) is 123 cm³/mol. The fraction of sp³-hybridized carbons (Fsp3) is 0.625. The highest BCUT2D eigenvalue weighted by Gasteiger charge is 2.32. The Bertz CT molecular complexity index is 830. The van der Waals surface area contributed by atoms with Crippen LogP contribution in [0.15, 0.2) is 30.3 Å². The molecule has 2 unspecified atom stereocenters. The van der Waals surface area contributed by atoms with Gasteiger partial charge in [0.05, 0.1) is 12.4 Å². The number of hydrogen-bond acceptors (Lipinski definition) is 6. The molecule has 0 radical (unpaired) electrons. The molecule has 0 amide bonds. The zero-order valence-electron chi connectivity index (χ0n) is 19.9. The lowest BCUT2D eigenvalue weighted by Gasteiger charge is -2.33. The van der Waals surface area contributed by atoms with Gasteiger partial charge in [0, 0.05) is 24.4 Å². The standard InChI is InChI=1S/C24H39N5O2/c1-17(18-11-8-7-9-12-18)21-26-20(19-15-28(6)13-10-14-29(19)21)22(30)27-23(24(2,3)4)31-16-25-5/h7-9,11-12,17,22-23,25,27,30H,10,13-16H2,1-6H3/t17?,22?,23-/m1/s1. The number of nitrogens with zero attached hydrogens (tertiary/aromatic N) is 3. The zero-order valence-corrected chi connectivity index (χ0v) is 19.9. The minimum Gasteiger partial charge on any atom is -0.373 e. The number of ether oxygens (including phenoxy) is 1. The van der Waals surface area contributed by atoms with Crippen LogP contribution in [0, 0.1) is 5.41 Å². The molecule has 0 saturated carbocycles. The van der Waals surface area contributed by atoms with Gasteiger partial charge < -0.3 is 19.3 Å². The zero-order chi connectivity index (χ0) is 22.6. The number of hydrogen-bond donors (Lipinski definition) is 3. The molecule has 2 aromatic rings. The molecular weight excluding hydrogens is 390 g/mol. The summed E-state index contributed by atoms with van der Waals surface area (Å²) < 4.78 is 8.26. The van der Waals surface area contributed by atoms with Crippen molar-refractivity contribution >= 4 is 0 Å². The summed E-state index contributed by atoms with van der Waals surface area (Å²) in [6, 6.07) is 10.5. The Balaban J connectivity index is 1.96. The van der Waals surface area contributed by atoms with E-state index in [0.717, 1.165) is 37.6 Å². The lowest BCUT2D eigenvalue weighted by molar-refractivity contribution is -0.0774. The Morgan fingerprint density at radius 2 is 1.90 bits per heavy atom. The van der Waals surface area contributed by atoms with Gasteiger partial charge in [0.15, 0.2) is 6.23 Å². The minimum absolute atomic E-state index is 0.142. The molecular formula is C24H39N5O2. The Hall–Kier alpha value is -1.77. The van der Waals surface area contributed by atoms with Crippen LogP contribution in [0.1, 0.15) is 69.0 Å². The Morgan fingerprint density at radius 1 is 1.19 bits per heavy atom. The van der Waals surface area contributed by atoms with E-state index in [-0.39, 0.29) is 17.6 Å². The van der Waals surface area contributed by atoms with Crippen LogP contribution in [0.4, 0.5) is 0 Å². The number of benzene rings is 1. The van der Waals surface area contributed by atoms with E-state index in [1.165, 1.54) is 5.56 Å². The first-order valence-corrected chi connectivity index (χ1v) is 11.3. The quantitative estimate of drug-likeness (QED) is 0.560. The molecule has 1 aromatic heterocycles. The van der Waals surface area contributed by atoms with Crippen molar-refractivity contribution in [3.63, 3.8) is 0 Å². The first-order valence-electron chi connectivity index (χ1n) is 11.3. The average Bonchev–Trinajstić information content (AvgIpc) is 2.96. The van der Waals surface area contributed by atoms with Gasteiger partial charge in [-0.2, -0.15) is 0 Å². The van der Waals surface area contributed by atoms with Gasteiger partial charge in [-0.25, -0.2) is 4.98 Å². The van der Waals surface area contributed by atoms with Crippen LogP contribution in [0.25, 0.3) is 0 Å². The molecule has 1 aliphatic heterocycles.